The molecule has 0 aliphatic heterocycles. The topological polar surface area (TPSA) is 116 Å². The van der Waals surface area contributed by atoms with Crippen LogP contribution >= 0.6 is 22.9 Å². The van der Waals surface area contributed by atoms with E-state index in [1.165, 1.54) is 11.3 Å². The van der Waals surface area contributed by atoms with Crippen LogP contribution in [0.1, 0.15) is 4.88 Å². The van der Waals surface area contributed by atoms with Crippen molar-refractivity contribution in [1.29, 1.82) is 0 Å². The van der Waals surface area contributed by atoms with Gasteiger partial charge in [-0.2, -0.15) is 5.10 Å². The van der Waals surface area contributed by atoms with Crippen LogP contribution in [0.2, 0.25) is 5.02 Å². The van der Waals surface area contributed by atoms with Gasteiger partial charge in [0.2, 0.25) is 0 Å². The van der Waals surface area contributed by atoms with Crippen molar-refractivity contribution >= 4 is 50.9 Å². The van der Waals surface area contributed by atoms with Crippen molar-refractivity contribution in [1.82, 2.24) is 25.5 Å². The Hall–Kier alpha value is -3.17. The summed E-state index contributed by atoms with van der Waals surface area (Å²) in [4.78, 5) is 20.2. The van der Waals surface area contributed by atoms with Gasteiger partial charge in [-0.3, -0.25) is 10.1 Å². The molecule has 10 heteroatoms. The lowest BCUT2D eigenvalue weighted by molar-refractivity contribution is 0.194. The number of carboxylic acid groups (broad SMARTS) is 1. The lowest BCUT2D eigenvalue weighted by Gasteiger charge is -2.04. The summed E-state index contributed by atoms with van der Waals surface area (Å²) < 4.78 is 0. The van der Waals surface area contributed by atoms with E-state index in [9.17, 15) is 4.79 Å². The Morgan fingerprint density at radius 3 is 3.00 bits per heavy atom. The molecule has 0 aliphatic carbocycles. The van der Waals surface area contributed by atoms with Gasteiger partial charge in [-0.1, -0.05) is 17.7 Å². The number of hydrogen-bond acceptors (Lipinski definition) is 6. The number of nitrogens with zero attached hydrogens (tertiary/aromatic N) is 3. The van der Waals surface area contributed by atoms with E-state index in [2.05, 4.69) is 30.8 Å². The molecule has 0 saturated heterocycles. The first-order valence-electron chi connectivity index (χ1n) is 8.37. The number of rotatable bonds is 6. The van der Waals surface area contributed by atoms with Crippen molar-refractivity contribution in [2.24, 2.45) is 0 Å². The Labute approximate surface area is 168 Å². The van der Waals surface area contributed by atoms with E-state index < -0.39 is 6.09 Å². The molecule has 28 heavy (non-hydrogen) atoms. The molecule has 0 unspecified atom stereocenters. The lowest BCUT2D eigenvalue weighted by atomic mass is 10.1. The van der Waals surface area contributed by atoms with E-state index in [0.29, 0.717) is 34.6 Å². The smallest absolute Gasteiger partial charge is 0.404 e. The molecule has 4 aromatic rings. The highest BCUT2D eigenvalue weighted by Gasteiger charge is 2.12. The van der Waals surface area contributed by atoms with Gasteiger partial charge in [0, 0.05) is 41.2 Å². The van der Waals surface area contributed by atoms with Gasteiger partial charge in [-0.05, 0) is 24.3 Å². The highest BCUT2D eigenvalue weighted by atomic mass is 35.5. The largest absolute Gasteiger partial charge is 0.465 e. The van der Waals surface area contributed by atoms with Crippen molar-refractivity contribution in [3.8, 4) is 11.3 Å². The summed E-state index contributed by atoms with van der Waals surface area (Å²) in [6.07, 6.45) is 2.98. The second kappa shape index (κ2) is 7.83. The van der Waals surface area contributed by atoms with Crippen LogP contribution in [0.15, 0.2) is 42.7 Å². The molecule has 142 valence electrons. The fourth-order valence-electron chi connectivity index (χ4n) is 2.73. The maximum Gasteiger partial charge on any atom is 0.404 e. The monoisotopic (exact) mass is 414 g/mol. The minimum absolute atomic E-state index is 0.344. The Balaban J connectivity index is 1.56. The van der Waals surface area contributed by atoms with Gasteiger partial charge in [0.1, 0.15) is 0 Å². The molecular formula is C18H15ClN6O2S. The number of anilines is 2. The van der Waals surface area contributed by atoms with Crippen LogP contribution < -0.4 is 10.6 Å². The first-order chi connectivity index (χ1) is 13.6. The number of aromatic amines is 1. The van der Waals surface area contributed by atoms with E-state index in [4.69, 9.17) is 16.7 Å². The van der Waals surface area contributed by atoms with Crippen LogP contribution in [0.4, 0.5) is 15.7 Å². The molecule has 3 heterocycles. The zero-order valence-electron chi connectivity index (χ0n) is 14.4. The number of aromatic nitrogens is 4. The molecule has 3 aromatic heterocycles. The number of hydrogen-bond donors (Lipinski definition) is 4. The van der Waals surface area contributed by atoms with Crippen LogP contribution in [0.5, 0.6) is 0 Å². The van der Waals surface area contributed by atoms with Crippen molar-refractivity contribution in [2.75, 3.05) is 11.9 Å². The van der Waals surface area contributed by atoms with Gasteiger partial charge in [0.05, 0.1) is 16.2 Å². The number of thiazole rings is 1. The number of H-pyrrole nitrogens is 1. The zero-order valence-corrected chi connectivity index (χ0v) is 16.0. The van der Waals surface area contributed by atoms with Gasteiger partial charge >= 0.3 is 6.09 Å². The number of pyridine rings is 1. The van der Waals surface area contributed by atoms with E-state index in [-0.39, 0.29) is 0 Å². The number of fused-ring (bicyclic) bond motifs is 1. The summed E-state index contributed by atoms with van der Waals surface area (Å²) in [6.45, 7) is 0.344. The van der Waals surface area contributed by atoms with Gasteiger partial charge in [-0.15, -0.1) is 11.3 Å². The Morgan fingerprint density at radius 1 is 1.29 bits per heavy atom. The van der Waals surface area contributed by atoms with Crippen molar-refractivity contribution in [2.45, 2.75) is 6.42 Å². The van der Waals surface area contributed by atoms with E-state index >= 15 is 0 Å². The number of nitrogens with one attached hydrogen (secondary N) is 3. The van der Waals surface area contributed by atoms with Crippen LogP contribution in [-0.2, 0) is 6.42 Å². The fraction of sp³-hybridized carbons (Fsp3) is 0.111. The molecule has 4 N–H and O–H groups in total. The second-order valence-corrected chi connectivity index (χ2v) is 7.43. The molecule has 0 radical (unpaired) electrons. The normalized spacial score (nSPS) is 10.9. The van der Waals surface area contributed by atoms with E-state index in [1.807, 2.05) is 18.2 Å². The lowest BCUT2D eigenvalue weighted by Crippen LogP contribution is -2.22. The minimum atomic E-state index is -1.03. The number of carbonyl (C=O) groups is 1. The predicted octanol–water partition coefficient (Wildman–Crippen LogP) is 4.29. The molecular weight excluding hydrogens is 400 g/mol. The molecule has 0 atom stereocenters. The highest BCUT2D eigenvalue weighted by molar-refractivity contribution is 7.15. The van der Waals surface area contributed by atoms with Crippen LogP contribution in [0.3, 0.4) is 0 Å². The van der Waals surface area contributed by atoms with Crippen LogP contribution in [-0.4, -0.2) is 37.9 Å². The first-order valence-corrected chi connectivity index (χ1v) is 9.57. The Morgan fingerprint density at radius 2 is 2.18 bits per heavy atom. The third-order valence-electron chi connectivity index (χ3n) is 4.02. The fourth-order valence-corrected chi connectivity index (χ4v) is 3.77. The van der Waals surface area contributed by atoms with Gasteiger partial charge in [0.15, 0.2) is 10.9 Å². The van der Waals surface area contributed by atoms with E-state index in [1.54, 1.807) is 24.5 Å². The van der Waals surface area contributed by atoms with Gasteiger partial charge in [0.25, 0.3) is 0 Å². The maximum atomic E-state index is 10.5. The zero-order chi connectivity index (χ0) is 19.5. The maximum absolute atomic E-state index is 10.5. The summed E-state index contributed by atoms with van der Waals surface area (Å²) in [5.41, 5.74) is 2.48. The molecule has 1 amide bonds. The average Bonchev–Trinajstić information content (AvgIpc) is 3.29. The average molecular weight is 415 g/mol. The molecule has 0 aliphatic rings. The van der Waals surface area contributed by atoms with E-state index in [0.717, 1.165) is 21.3 Å². The third-order valence-corrected chi connectivity index (χ3v) is 5.30. The molecule has 0 saturated carbocycles. The summed E-state index contributed by atoms with van der Waals surface area (Å²) in [7, 11) is 0. The molecule has 1 aromatic carbocycles. The summed E-state index contributed by atoms with van der Waals surface area (Å²) in [5.74, 6) is 0.647. The minimum Gasteiger partial charge on any atom is -0.465 e. The summed E-state index contributed by atoms with van der Waals surface area (Å²) in [6, 6.07) is 9.44. The quantitative estimate of drug-likeness (QED) is 0.374. The molecule has 0 spiro atoms. The van der Waals surface area contributed by atoms with Crippen molar-refractivity contribution in [3.63, 3.8) is 0 Å². The molecule has 0 fully saturated rings. The SMILES string of the molecule is O=C(O)NCCc1cnc(Nc2n[nH]c3ccc(-c4ncccc4Cl)cc23)s1. The predicted molar refractivity (Wildman–Crippen MR) is 109 cm³/mol. The second-order valence-electron chi connectivity index (χ2n) is 5.91. The number of amides is 1. The van der Waals surface area contributed by atoms with Gasteiger partial charge < -0.3 is 15.7 Å². The summed E-state index contributed by atoms with van der Waals surface area (Å²) in [5, 5.41) is 23.7. The van der Waals surface area contributed by atoms with Crippen molar-refractivity contribution < 1.29 is 9.90 Å². The third kappa shape index (κ3) is 3.90. The Kier molecular flexibility index (Phi) is 5.09. The molecule has 4 rings (SSSR count). The standard InChI is InChI=1S/C18H15ClN6O2S/c19-13-2-1-6-20-15(13)10-3-4-14-12(8-10)16(25-24-14)23-17-22-9-11(28-17)5-7-21-18(26)27/h1-4,6,8-9,21H,5,7H2,(H,26,27)(H2,22,23,24,25). The van der Waals surface area contributed by atoms with Crippen molar-refractivity contribution in [3.05, 3.63) is 52.6 Å². The Bertz CT molecular complexity index is 1140. The van der Waals surface area contributed by atoms with Crippen LogP contribution in [0, 0.1) is 0 Å². The first kappa shape index (κ1) is 18.2. The van der Waals surface area contributed by atoms with Gasteiger partial charge in [-0.25, -0.2) is 9.78 Å². The number of benzene rings is 1. The highest BCUT2D eigenvalue weighted by Crippen LogP contribution is 2.32. The molecule has 0 bridgehead atoms. The number of halogens is 1. The van der Waals surface area contributed by atoms with Crippen LogP contribution in [0.25, 0.3) is 22.2 Å². The molecule has 8 nitrogen and oxygen atoms in total. The summed E-state index contributed by atoms with van der Waals surface area (Å²) >= 11 is 7.72.